The third-order valence-corrected chi connectivity index (χ3v) is 1.69. The predicted octanol–water partition coefficient (Wildman–Crippen LogP) is 1.96. The second kappa shape index (κ2) is 3.78. The molecule has 56 valence electrons. The summed E-state index contributed by atoms with van der Waals surface area (Å²) >= 11 is 0. The van der Waals surface area contributed by atoms with Gasteiger partial charge in [0.15, 0.2) is 0 Å². The van der Waals surface area contributed by atoms with Gasteiger partial charge in [0.05, 0.1) is 0 Å². The molecule has 0 saturated heterocycles. The van der Waals surface area contributed by atoms with Gasteiger partial charge in [-0.2, -0.15) is 0 Å². The van der Waals surface area contributed by atoms with E-state index >= 15 is 0 Å². The largest absolute Gasteiger partial charge is 0.264 e. The highest BCUT2D eigenvalue weighted by molar-refractivity contribution is 5.22. The van der Waals surface area contributed by atoms with Gasteiger partial charge in [-0.3, -0.25) is 4.98 Å². The van der Waals surface area contributed by atoms with E-state index in [1.165, 1.54) is 11.1 Å². The molecule has 0 bridgehead atoms. The molecular weight excluding hydrogens is 134 g/mol. The van der Waals surface area contributed by atoms with Crippen molar-refractivity contribution in [3.8, 4) is 12.3 Å². The van der Waals surface area contributed by atoms with Crippen LogP contribution in [0, 0.1) is 19.3 Å². The maximum Gasteiger partial charge on any atom is 0.0302 e. The lowest BCUT2D eigenvalue weighted by Crippen LogP contribution is -1.89. The molecule has 1 nitrogen and oxygen atoms in total. The van der Waals surface area contributed by atoms with Gasteiger partial charge in [0.1, 0.15) is 0 Å². The number of hydrogen-bond donors (Lipinski definition) is 0. The summed E-state index contributed by atoms with van der Waals surface area (Å²) in [5, 5.41) is 0. The van der Waals surface area contributed by atoms with Crippen molar-refractivity contribution in [2.45, 2.75) is 19.8 Å². The van der Waals surface area contributed by atoms with Crippen molar-refractivity contribution >= 4 is 0 Å². The van der Waals surface area contributed by atoms with Gasteiger partial charge in [-0.1, -0.05) is 0 Å². The van der Waals surface area contributed by atoms with Gasteiger partial charge in [-0.25, -0.2) is 0 Å². The van der Waals surface area contributed by atoms with Crippen molar-refractivity contribution in [1.82, 2.24) is 4.98 Å². The monoisotopic (exact) mass is 145 g/mol. The second-order valence-corrected chi connectivity index (χ2v) is 2.51. The molecular formula is C10H11N. The third kappa shape index (κ3) is 2.09. The maximum absolute atomic E-state index is 5.16. The highest BCUT2D eigenvalue weighted by atomic mass is 14.6. The van der Waals surface area contributed by atoms with Crippen LogP contribution in [0.5, 0.6) is 0 Å². The third-order valence-electron chi connectivity index (χ3n) is 1.69. The Kier molecular flexibility index (Phi) is 2.68. The average molecular weight is 145 g/mol. The molecule has 11 heavy (non-hydrogen) atoms. The average Bonchev–Trinajstić information content (AvgIpc) is 2.03. The van der Waals surface area contributed by atoms with Gasteiger partial charge in [-0.15, -0.1) is 12.3 Å². The fourth-order valence-electron chi connectivity index (χ4n) is 0.965. The van der Waals surface area contributed by atoms with Crippen LogP contribution in [0.25, 0.3) is 0 Å². The highest BCUT2D eigenvalue weighted by Gasteiger charge is 1.94. The minimum absolute atomic E-state index is 0.798. The van der Waals surface area contributed by atoms with Crippen LogP contribution in [-0.4, -0.2) is 4.98 Å². The van der Waals surface area contributed by atoms with Crippen LogP contribution >= 0.6 is 0 Å². The van der Waals surface area contributed by atoms with Crippen LogP contribution in [0.1, 0.15) is 17.5 Å². The minimum Gasteiger partial charge on any atom is -0.264 e. The Morgan fingerprint density at radius 1 is 1.64 bits per heavy atom. The second-order valence-electron chi connectivity index (χ2n) is 2.51. The standard InChI is InChI=1S/C10H11N/c1-3-4-5-10-8-11-7-6-9(10)2/h1,6-8H,4-5H2,2H3. The van der Waals surface area contributed by atoms with Crippen LogP contribution < -0.4 is 0 Å². The lowest BCUT2D eigenvalue weighted by atomic mass is 10.1. The molecule has 0 aromatic carbocycles. The van der Waals surface area contributed by atoms with Crippen LogP contribution in [0.15, 0.2) is 18.5 Å². The Bertz CT molecular complexity index is 270. The van der Waals surface area contributed by atoms with Gasteiger partial charge in [-0.05, 0) is 30.5 Å². The van der Waals surface area contributed by atoms with Gasteiger partial charge >= 0.3 is 0 Å². The molecule has 0 radical (unpaired) electrons. The lowest BCUT2D eigenvalue weighted by Gasteiger charge is -2.00. The number of hydrogen-bond acceptors (Lipinski definition) is 1. The fourth-order valence-corrected chi connectivity index (χ4v) is 0.965. The summed E-state index contributed by atoms with van der Waals surface area (Å²) in [5.41, 5.74) is 2.53. The van der Waals surface area contributed by atoms with E-state index in [2.05, 4.69) is 17.8 Å². The van der Waals surface area contributed by atoms with E-state index in [1.807, 2.05) is 12.3 Å². The number of terminal acetylenes is 1. The Labute approximate surface area is 67.5 Å². The first-order chi connectivity index (χ1) is 5.34. The van der Waals surface area contributed by atoms with Crippen molar-refractivity contribution < 1.29 is 0 Å². The molecule has 1 heteroatoms. The van der Waals surface area contributed by atoms with E-state index in [4.69, 9.17) is 6.42 Å². The molecule has 1 aromatic heterocycles. The van der Waals surface area contributed by atoms with Crippen molar-refractivity contribution in [2.75, 3.05) is 0 Å². The normalized spacial score (nSPS) is 9.09. The quantitative estimate of drug-likeness (QED) is 0.580. The SMILES string of the molecule is C#CCCc1cnccc1C. The fraction of sp³-hybridized carbons (Fsp3) is 0.300. The molecule has 0 N–H and O–H groups in total. The number of nitrogens with zero attached hydrogens (tertiary/aromatic N) is 1. The maximum atomic E-state index is 5.16. The molecule has 0 amide bonds. The topological polar surface area (TPSA) is 12.9 Å². The summed E-state index contributed by atoms with van der Waals surface area (Å²) < 4.78 is 0. The van der Waals surface area contributed by atoms with E-state index in [0.717, 1.165) is 12.8 Å². The Morgan fingerprint density at radius 3 is 3.09 bits per heavy atom. The Hall–Kier alpha value is -1.29. The van der Waals surface area contributed by atoms with E-state index in [9.17, 15) is 0 Å². The predicted molar refractivity (Wildman–Crippen MR) is 46.1 cm³/mol. The molecule has 0 aliphatic rings. The Balaban J connectivity index is 2.71. The summed E-state index contributed by atoms with van der Waals surface area (Å²) in [5.74, 6) is 2.62. The van der Waals surface area contributed by atoms with E-state index in [-0.39, 0.29) is 0 Å². The highest BCUT2D eigenvalue weighted by Crippen LogP contribution is 2.06. The molecule has 1 heterocycles. The van der Waals surface area contributed by atoms with Gasteiger partial charge < -0.3 is 0 Å². The van der Waals surface area contributed by atoms with Crippen molar-refractivity contribution in [3.05, 3.63) is 29.6 Å². The summed E-state index contributed by atoms with van der Waals surface area (Å²) in [4.78, 5) is 4.03. The number of aromatic nitrogens is 1. The first kappa shape index (κ1) is 7.81. The smallest absolute Gasteiger partial charge is 0.0302 e. The van der Waals surface area contributed by atoms with Gasteiger partial charge in [0.25, 0.3) is 0 Å². The molecule has 0 aliphatic heterocycles. The zero-order chi connectivity index (χ0) is 8.10. The van der Waals surface area contributed by atoms with Gasteiger partial charge in [0.2, 0.25) is 0 Å². The number of rotatable bonds is 2. The van der Waals surface area contributed by atoms with E-state index in [1.54, 1.807) is 6.20 Å². The lowest BCUT2D eigenvalue weighted by molar-refractivity contribution is 0.994. The first-order valence-corrected chi connectivity index (χ1v) is 3.67. The summed E-state index contributed by atoms with van der Waals surface area (Å²) in [6.45, 7) is 2.08. The van der Waals surface area contributed by atoms with Crippen LogP contribution in [0.2, 0.25) is 0 Å². The summed E-state index contributed by atoms with van der Waals surface area (Å²) in [7, 11) is 0. The van der Waals surface area contributed by atoms with Crippen LogP contribution in [0.4, 0.5) is 0 Å². The number of pyridine rings is 1. The molecule has 0 fully saturated rings. The molecule has 0 saturated carbocycles. The summed E-state index contributed by atoms with van der Waals surface area (Å²) in [6, 6.07) is 2.01. The molecule has 0 spiro atoms. The van der Waals surface area contributed by atoms with E-state index < -0.39 is 0 Å². The van der Waals surface area contributed by atoms with Crippen LogP contribution in [0.3, 0.4) is 0 Å². The van der Waals surface area contributed by atoms with E-state index in [0.29, 0.717) is 0 Å². The van der Waals surface area contributed by atoms with Crippen molar-refractivity contribution in [3.63, 3.8) is 0 Å². The molecule has 0 aliphatic carbocycles. The molecule has 0 unspecified atom stereocenters. The Morgan fingerprint density at radius 2 is 2.45 bits per heavy atom. The summed E-state index contributed by atoms with van der Waals surface area (Å²) in [6.07, 6.45) is 10.6. The first-order valence-electron chi connectivity index (χ1n) is 3.67. The molecule has 0 atom stereocenters. The zero-order valence-corrected chi connectivity index (χ0v) is 6.67. The number of aryl methyl sites for hydroxylation is 2. The van der Waals surface area contributed by atoms with Crippen molar-refractivity contribution in [2.24, 2.45) is 0 Å². The van der Waals surface area contributed by atoms with Gasteiger partial charge in [0, 0.05) is 18.8 Å². The molecule has 1 rings (SSSR count). The van der Waals surface area contributed by atoms with Crippen LogP contribution in [-0.2, 0) is 6.42 Å². The minimum atomic E-state index is 0.798. The zero-order valence-electron chi connectivity index (χ0n) is 6.67. The van der Waals surface area contributed by atoms with Crippen molar-refractivity contribution in [1.29, 1.82) is 0 Å². The molecule has 1 aromatic rings.